The van der Waals surface area contributed by atoms with Crippen LogP contribution in [0.15, 0.2) is 60.8 Å². The Balaban J connectivity index is 1.06. The molecule has 2 N–H and O–H groups in total. The lowest BCUT2D eigenvalue weighted by molar-refractivity contribution is -0.146. The van der Waals surface area contributed by atoms with Crippen LogP contribution in [0.4, 0.5) is 0 Å². The van der Waals surface area contributed by atoms with Crippen molar-refractivity contribution in [2.24, 2.45) is 23.5 Å². The maximum absolute atomic E-state index is 13.3. The van der Waals surface area contributed by atoms with Gasteiger partial charge in [0.1, 0.15) is 5.69 Å². The van der Waals surface area contributed by atoms with Gasteiger partial charge in [0.25, 0.3) is 0 Å². The zero-order valence-corrected chi connectivity index (χ0v) is 21.1. The van der Waals surface area contributed by atoms with E-state index in [9.17, 15) is 9.59 Å². The van der Waals surface area contributed by atoms with Crippen LogP contribution in [0.25, 0.3) is 22.4 Å². The number of rotatable bonds is 6. The standard InChI is InChI=1S/C29H34N6O2/c30-28(36)23-10-13-33(14-11-23)29(37)26-18-34-15-12-24(26)16-25(34)17-35-19-27(31-32-35)22-8-6-21(7-9-22)20-4-2-1-3-5-20/h1-9,19,23-26H,10-18H2,(H2,30,36). The van der Waals surface area contributed by atoms with Gasteiger partial charge in [-0.2, -0.15) is 0 Å². The fourth-order valence-corrected chi connectivity index (χ4v) is 6.43. The number of hydrogen-bond acceptors (Lipinski definition) is 5. The quantitative estimate of drug-likeness (QED) is 0.563. The number of likely N-dealkylation sites (tertiary alicyclic amines) is 1. The lowest BCUT2D eigenvalue weighted by atomic mass is 9.74. The number of nitrogens with two attached hydrogens (primary N) is 1. The van der Waals surface area contributed by atoms with Gasteiger partial charge < -0.3 is 10.6 Å². The predicted molar refractivity (Wildman–Crippen MR) is 141 cm³/mol. The van der Waals surface area contributed by atoms with E-state index in [1.54, 1.807) is 0 Å². The number of aromatic nitrogens is 3. The van der Waals surface area contributed by atoms with Crippen LogP contribution in [0.2, 0.25) is 0 Å². The van der Waals surface area contributed by atoms with Crippen molar-refractivity contribution in [1.82, 2.24) is 24.8 Å². The summed E-state index contributed by atoms with van der Waals surface area (Å²) in [5.74, 6) is 0.403. The molecule has 0 radical (unpaired) electrons. The summed E-state index contributed by atoms with van der Waals surface area (Å²) < 4.78 is 1.96. The van der Waals surface area contributed by atoms with Crippen molar-refractivity contribution >= 4 is 11.8 Å². The van der Waals surface area contributed by atoms with E-state index < -0.39 is 0 Å². The summed E-state index contributed by atoms with van der Waals surface area (Å²) in [7, 11) is 0. The number of carbonyl (C=O) groups excluding carboxylic acids is 2. The summed E-state index contributed by atoms with van der Waals surface area (Å²) in [5.41, 5.74) is 9.78. The average molecular weight is 499 g/mol. The zero-order chi connectivity index (χ0) is 25.4. The van der Waals surface area contributed by atoms with E-state index in [1.807, 2.05) is 21.8 Å². The van der Waals surface area contributed by atoms with Crippen LogP contribution < -0.4 is 5.73 Å². The lowest BCUT2D eigenvalue weighted by Gasteiger charge is -2.50. The molecule has 7 rings (SSSR count). The summed E-state index contributed by atoms with van der Waals surface area (Å²) in [6.07, 6.45) is 5.49. The van der Waals surface area contributed by atoms with E-state index in [4.69, 9.17) is 5.73 Å². The number of nitrogens with zero attached hydrogens (tertiary/aromatic N) is 5. The molecule has 0 spiro atoms. The van der Waals surface area contributed by atoms with Gasteiger partial charge in [-0.1, -0.05) is 59.8 Å². The van der Waals surface area contributed by atoms with Gasteiger partial charge in [-0.05, 0) is 49.3 Å². The summed E-state index contributed by atoms with van der Waals surface area (Å²) in [6.45, 7) is 3.93. The Morgan fingerprint density at radius 2 is 1.59 bits per heavy atom. The summed E-state index contributed by atoms with van der Waals surface area (Å²) in [6, 6.07) is 19.2. The minimum atomic E-state index is -0.238. The van der Waals surface area contributed by atoms with E-state index in [-0.39, 0.29) is 23.7 Å². The number of fused-ring (bicyclic) bond motifs is 3. The molecule has 4 fully saturated rings. The summed E-state index contributed by atoms with van der Waals surface area (Å²) >= 11 is 0. The fraction of sp³-hybridized carbons (Fsp3) is 0.448. The van der Waals surface area contributed by atoms with Crippen LogP contribution in [-0.2, 0) is 16.1 Å². The molecule has 4 atom stereocenters. The monoisotopic (exact) mass is 498 g/mol. The van der Waals surface area contributed by atoms with Crippen molar-refractivity contribution in [1.29, 1.82) is 0 Å². The average Bonchev–Trinajstić information content (AvgIpc) is 3.42. The number of primary amides is 1. The lowest BCUT2D eigenvalue weighted by Crippen LogP contribution is -2.59. The Hall–Kier alpha value is -3.52. The summed E-state index contributed by atoms with van der Waals surface area (Å²) in [4.78, 5) is 29.2. The molecule has 4 aliphatic heterocycles. The largest absolute Gasteiger partial charge is 0.369 e. The van der Waals surface area contributed by atoms with E-state index in [2.05, 4.69) is 63.7 Å². The normalized spacial score (nSPS) is 25.8. The number of carbonyl (C=O) groups is 2. The van der Waals surface area contributed by atoms with Crippen LogP contribution >= 0.6 is 0 Å². The second-order valence-corrected chi connectivity index (χ2v) is 10.8. The molecule has 8 heteroatoms. The van der Waals surface area contributed by atoms with Gasteiger partial charge in [-0.15, -0.1) is 5.10 Å². The molecule has 4 saturated heterocycles. The van der Waals surface area contributed by atoms with Crippen LogP contribution in [0.1, 0.15) is 25.7 Å². The maximum Gasteiger partial charge on any atom is 0.227 e. The molecule has 1 aromatic heterocycles. The van der Waals surface area contributed by atoms with E-state index in [1.165, 1.54) is 11.1 Å². The number of hydrogen-bond donors (Lipinski definition) is 1. The van der Waals surface area contributed by atoms with Crippen molar-refractivity contribution in [2.75, 3.05) is 26.2 Å². The summed E-state index contributed by atoms with van der Waals surface area (Å²) in [5, 5.41) is 8.87. The number of benzene rings is 2. The van der Waals surface area contributed by atoms with Gasteiger partial charge in [0.2, 0.25) is 11.8 Å². The van der Waals surface area contributed by atoms with Gasteiger partial charge in [0, 0.05) is 37.2 Å². The van der Waals surface area contributed by atoms with Crippen molar-refractivity contribution < 1.29 is 9.59 Å². The maximum atomic E-state index is 13.3. The van der Waals surface area contributed by atoms with Crippen LogP contribution in [-0.4, -0.2) is 68.8 Å². The third-order valence-electron chi connectivity index (χ3n) is 8.63. The molecule has 4 unspecified atom stereocenters. The second kappa shape index (κ2) is 10.1. The van der Waals surface area contributed by atoms with E-state index in [0.717, 1.165) is 43.7 Å². The zero-order valence-electron chi connectivity index (χ0n) is 21.1. The topological polar surface area (TPSA) is 97.3 Å². The van der Waals surface area contributed by atoms with Gasteiger partial charge in [-0.25, -0.2) is 0 Å². The van der Waals surface area contributed by atoms with Crippen molar-refractivity contribution in [2.45, 2.75) is 38.3 Å². The minimum absolute atomic E-state index is 0.0598. The first kappa shape index (κ1) is 23.9. The molecule has 2 aromatic carbocycles. The minimum Gasteiger partial charge on any atom is -0.369 e. The predicted octanol–water partition coefficient (Wildman–Crippen LogP) is 3.05. The first-order chi connectivity index (χ1) is 18.0. The highest BCUT2D eigenvalue weighted by Crippen LogP contribution is 2.38. The first-order valence-electron chi connectivity index (χ1n) is 13.4. The molecular weight excluding hydrogens is 464 g/mol. The molecule has 3 aromatic rings. The Kier molecular flexibility index (Phi) is 6.50. The SMILES string of the molecule is NC(=O)C1CCN(C(=O)C2CN3CCC2CC3Cn2cc(-c3ccc(-c4ccccc4)cc3)nn2)CC1. The second-order valence-electron chi connectivity index (χ2n) is 10.8. The molecule has 192 valence electrons. The van der Waals surface area contributed by atoms with Gasteiger partial charge in [0.05, 0.1) is 18.7 Å². The number of piperidine rings is 4. The highest BCUT2D eigenvalue weighted by molar-refractivity contribution is 5.81. The Morgan fingerprint density at radius 3 is 2.27 bits per heavy atom. The molecular formula is C29H34N6O2. The first-order valence-corrected chi connectivity index (χ1v) is 13.4. The van der Waals surface area contributed by atoms with Gasteiger partial charge in [-0.3, -0.25) is 19.2 Å². The molecule has 37 heavy (non-hydrogen) atoms. The molecule has 2 amide bonds. The van der Waals surface area contributed by atoms with Crippen molar-refractivity contribution in [3.05, 3.63) is 60.8 Å². The fourth-order valence-electron chi connectivity index (χ4n) is 6.43. The van der Waals surface area contributed by atoms with Crippen LogP contribution in [0, 0.1) is 17.8 Å². The molecule has 4 aliphatic rings. The van der Waals surface area contributed by atoms with Crippen molar-refractivity contribution in [3.63, 3.8) is 0 Å². The highest BCUT2D eigenvalue weighted by Gasteiger charge is 2.45. The highest BCUT2D eigenvalue weighted by atomic mass is 16.2. The molecule has 0 aliphatic carbocycles. The van der Waals surface area contributed by atoms with Crippen LogP contribution in [0.5, 0.6) is 0 Å². The van der Waals surface area contributed by atoms with E-state index in [0.29, 0.717) is 37.9 Å². The third kappa shape index (κ3) is 4.90. The molecule has 2 bridgehead atoms. The Bertz CT molecular complexity index is 1250. The third-order valence-corrected chi connectivity index (χ3v) is 8.63. The molecule has 8 nitrogen and oxygen atoms in total. The van der Waals surface area contributed by atoms with Crippen molar-refractivity contribution in [3.8, 4) is 22.4 Å². The Labute approximate surface area is 217 Å². The smallest absolute Gasteiger partial charge is 0.227 e. The number of amides is 2. The molecule has 5 heterocycles. The molecule has 0 saturated carbocycles. The Morgan fingerprint density at radius 1 is 0.892 bits per heavy atom. The van der Waals surface area contributed by atoms with Gasteiger partial charge in [0.15, 0.2) is 0 Å². The van der Waals surface area contributed by atoms with E-state index >= 15 is 0 Å². The van der Waals surface area contributed by atoms with Gasteiger partial charge >= 0.3 is 0 Å². The van der Waals surface area contributed by atoms with Crippen LogP contribution in [0.3, 0.4) is 0 Å².